The third kappa shape index (κ3) is 4.72. The Morgan fingerprint density at radius 1 is 1.24 bits per heavy atom. The van der Waals surface area contributed by atoms with Crippen LogP contribution in [0.5, 0.6) is 0 Å². The first-order valence-electron chi connectivity index (χ1n) is 8.68. The number of hydrogen-bond acceptors (Lipinski definition) is 2. The van der Waals surface area contributed by atoms with E-state index >= 15 is 0 Å². The highest BCUT2D eigenvalue weighted by Gasteiger charge is 2.29. The maximum atomic E-state index is 12.5. The van der Waals surface area contributed by atoms with E-state index in [9.17, 15) is 9.59 Å². The number of hydrogen-bond donors (Lipinski definition) is 1. The first-order chi connectivity index (χ1) is 10.1. The second-order valence-corrected chi connectivity index (χ2v) is 6.91. The fraction of sp³-hybridized carbons (Fsp3) is 0.882. The van der Waals surface area contributed by atoms with Crippen molar-refractivity contribution in [3.63, 3.8) is 0 Å². The van der Waals surface area contributed by atoms with Crippen molar-refractivity contribution in [3.05, 3.63) is 0 Å². The lowest BCUT2D eigenvalue weighted by molar-refractivity contribution is -0.133. The summed E-state index contributed by atoms with van der Waals surface area (Å²) in [6.45, 7) is 5.81. The summed E-state index contributed by atoms with van der Waals surface area (Å²) < 4.78 is 0. The molecular weight excluding hydrogens is 264 g/mol. The van der Waals surface area contributed by atoms with Gasteiger partial charge in [0.15, 0.2) is 0 Å². The van der Waals surface area contributed by atoms with Crippen LogP contribution in [0.3, 0.4) is 0 Å². The van der Waals surface area contributed by atoms with Gasteiger partial charge >= 0.3 is 0 Å². The molecule has 2 rings (SSSR count). The third-order valence-corrected chi connectivity index (χ3v) is 4.98. The van der Waals surface area contributed by atoms with Gasteiger partial charge in [-0.3, -0.25) is 9.59 Å². The zero-order valence-corrected chi connectivity index (χ0v) is 13.6. The molecule has 0 aromatic carbocycles. The van der Waals surface area contributed by atoms with Gasteiger partial charge in [-0.1, -0.05) is 39.5 Å². The van der Waals surface area contributed by atoms with Crippen LogP contribution in [0, 0.1) is 11.8 Å². The fourth-order valence-electron chi connectivity index (χ4n) is 3.76. The second-order valence-electron chi connectivity index (χ2n) is 6.91. The summed E-state index contributed by atoms with van der Waals surface area (Å²) in [4.78, 5) is 26.2. The molecule has 0 aromatic heterocycles. The van der Waals surface area contributed by atoms with Crippen molar-refractivity contribution in [1.29, 1.82) is 0 Å². The average molecular weight is 294 g/mol. The zero-order chi connectivity index (χ0) is 15.2. The molecule has 3 unspecified atom stereocenters. The Morgan fingerprint density at radius 3 is 2.76 bits per heavy atom. The van der Waals surface area contributed by atoms with Gasteiger partial charge in [0.2, 0.25) is 11.8 Å². The molecule has 1 heterocycles. The Kier molecular flexibility index (Phi) is 6.07. The summed E-state index contributed by atoms with van der Waals surface area (Å²) in [6, 6.07) is -0.296. The molecular formula is C17H30N2O2. The van der Waals surface area contributed by atoms with Gasteiger partial charge in [-0.15, -0.1) is 0 Å². The van der Waals surface area contributed by atoms with Gasteiger partial charge in [0.1, 0.15) is 6.04 Å². The van der Waals surface area contributed by atoms with Crippen molar-refractivity contribution >= 4 is 11.8 Å². The van der Waals surface area contributed by atoms with Gasteiger partial charge in [0.05, 0.1) is 0 Å². The monoisotopic (exact) mass is 294 g/mol. The Bertz CT molecular complexity index is 370. The van der Waals surface area contributed by atoms with Crippen LogP contribution < -0.4 is 5.32 Å². The minimum absolute atomic E-state index is 0.0237. The van der Waals surface area contributed by atoms with Gasteiger partial charge in [0.25, 0.3) is 0 Å². The molecule has 120 valence electrons. The second kappa shape index (κ2) is 7.81. The largest absolute Gasteiger partial charge is 0.344 e. The lowest BCUT2D eigenvalue weighted by atomic mass is 9.81. The molecule has 1 aliphatic heterocycles. The average Bonchev–Trinajstić information content (AvgIpc) is 2.58. The number of carbonyl (C=O) groups excluding carboxylic acids is 2. The molecule has 0 bridgehead atoms. The first kappa shape index (κ1) is 16.3. The van der Waals surface area contributed by atoms with Gasteiger partial charge < -0.3 is 10.2 Å². The van der Waals surface area contributed by atoms with Crippen LogP contribution in [-0.2, 0) is 9.59 Å². The lowest BCUT2D eigenvalue weighted by Gasteiger charge is -2.30. The summed E-state index contributed by atoms with van der Waals surface area (Å²) in [5.74, 6) is 1.75. The van der Waals surface area contributed by atoms with Gasteiger partial charge in [-0.05, 0) is 31.1 Å². The lowest BCUT2D eigenvalue weighted by Crippen LogP contribution is -2.45. The normalized spacial score (nSPS) is 31.0. The van der Waals surface area contributed by atoms with Crippen molar-refractivity contribution in [2.45, 2.75) is 71.3 Å². The smallest absolute Gasteiger partial charge is 0.245 e. The molecule has 2 fully saturated rings. The number of nitrogens with one attached hydrogen (secondary N) is 1. The Balaban J connectivity index is 1.88. The minimum atomic E-state index is -0.296. The van der Waals surface area contributed by atoms with Crippen molar-refractivity contribution in [2.24, 2.45) is 11.8 Å². The zero-order valence-electron chi connectivity index (χ0n) is 13.6. The van der Waals surface area contributed by atoms with Crippen LogP contribution in [-0.4, -0.2) is 35.8 Å². The number of carbonyl (C=O) groups is 2. The molecule has 4 heteroatoms. The highest BCUT2D eigenvalue weighted by atomic mass is 16.2. The predicted molar refractivity (Wildman–Crippen MR) is 83.8 cm³/mol. The summed E-state index contributed by atoms with van der Waals surface area (Å²) in [6.07, 6.45) is 8.52. The topological polar surface area (TPSA) is 49.4 Å². The number of nitrogens with zero attached hydrogens (tertiary/aromatic N) is 1. The van der Waals surface area contributed by atoms with E-state index in [0.29, 0.717) is 13.0 Å². The highest BCUT2D eigenvalue weighted by molar-refractivity contribution is 5.89. The Morgan fingerprint density at radius 2 is 2.05 bits per heavy atom. The molecule has 3 atom stereocenters. The van der Waals surface area contributed by atoms with Crippen molar-refractivity contribution in [2.75, 3.05) is 13.1 Å². The van der Waals surface area contributed by atoms with E-state index < -0.39 is 0 Å². The molecule has 0 aromatic rings. The van der Waals surface area contributed by atoms with Crippen LogP contribution in [0.25, 0.3) is 0 Å². The van der Waals surface area contributed by atoms with E-state index in [4.69, 9.17) is 0 Å². The summed E-state index contributed by atoms with van der Waals surface area (Å²) in [7, 11) is 0. The number of rotatable bonds is 5. The molecule has 1 aliphatic carbocycles. The van der Waals surface area contributed by atoms with Gasteiger partial charge in [-0.2, -0.15) is 0 Å². The number of amides is 2. The van der Waals surface area contributed by atoms with Crippen molar-refractivity contribution in [3.8, 4) is 0 Å². The molecule has 2 amide bonds. The summed E-state index contributed by atoms with van der Waals surface area (Å²) >= 11 is 0. The third-order valence-electron chi connectivity index (χ3n) is 4.98. The maximum absolute atomic E-state index is 12.5. The fourth-order valence-corrected chi connectivity index (χ4v) is 3.76. The molecule has 2 aliphatic rings. The summed E-state index contributed by atoms with van der Waals surface area (Å²) in [5.41, 5.74) is 0. The molecule has 4 nitrogen and oxygen atoms in total. The molecule has 0 spiro atoms. The van der Waals surface area contributed by atoms with Gasteiger partial charge in [-0.25, -0.2) is 0 Å². The predicted octanol–water partition coefficient (Wildman–Crippen LogP) is 2.72. The van der Waals surface area contributed by atoms with Crippen molar-refractivity contribution < 1.29 is 9.59 Å². The Hall–Kier alpha value is -1.06. The van der Waals surface area contributed by atoms with Crippen LogP contribution in [0.1, 0.15) is 65.2 Å². The molecule has 0 radical (unpaired) electrons. The molecule has 1 N–H and O–H groups in total. The quantitative estimate of drug-likeness (QED) is 0.847. The van der Waals surface area contributed by atoms with Crippen LogP contribution in [0.2, 0.25) is 0 Å². The van der Waals surface area contributed by atoms with Crippen molar-refractivity contribution in [1.82, 2.24) is 10.2 Å². The molecule has 21 heavy (non-hydrogen) atoms. The minimum Gasteiger partial charge on any atom is -0.344 e. The molecule has 1 saturated carbocycles. The van der Waals surface area contributed by atoms with E-state index in [1.54, 1.807) is 0 Å². The SMILES string of the molecule is CCCC1NC(=O)CCN(CCC2CCCC(C)C2)C1=O. The van der Waals surface area contributed by atoms with Gasteiger partial charge in [0, 0.05) is 19.5 Å². The summed E-state index contributed by atoms with van der Waals surface area (Å²) in [5, 5.41) is 2.87. The van der Waals surface area contributed by atoms with Crippen LogP contribution in [0.15, 0.2) is 0 Å². The van der Waals surface area contributed by atoms with Crippen LogP contribution in [0.4, 0.5) is 0 Å². The van der Waals surface area contributed by atoms with E-state index in [-0.39, 0.29) is 17.9 Å². The maximum Gasteiger partial charge on any atom is 0.245 e. The first-order valence-corrected chi connectivity index (χ1v) is 8.68. The highest BCUT2D eigenvalue weighted by Crippen LogP contribution is 2.30. The van der Waals surface area contributed by atoms with E-state index in [0.717, 1.165) is 37.6 Å². The standard InChI is InChI=1S/C17H30N2O2/c1-3-5-15-17(21)19(11-9-16(20)18-15)10-8-14-7-4-6-13(2)12-14/h13-15H,3-12H2,1-2H3,(H,18,20). The van der Waals surface area contributed by atoms with E-state index in [1.807, 2.05) is 4.90 Å². The van der Waals surface area contributed by atoms with Crippen LogP contribution >= 0.6 is 0 Å². The molecule has 1 saturated heterocycles. The Labute approximate surface area is 128 Å². The van der Waals surface area contributed by atoms with E-state index in [1.165, 1.54) is 25.7 Å². The van der Waals surface area contributed by atoms with E-state index in [2.05, 4.69) is 19.2 Å².